The summed E-state index contributed by atoms with van der Waals surface area (Å²) in [5.41, 5.74) is 2.25. The number of aryl methyl sites for hydroxylation is 1. The quantitative estimate of drug-likeness (QED) is 0.508. The lowest BCUT2D eigenvalue weighted by molar-refractivity contribution is -0.140. The minimum absolute atomic E-state index is 0.105. The summed E-state index contributed by atoms with van der Waals surface area (Å²) in [5.74, 6) is -1.39. The number of unbranched alkanes of at least 4 members (excludes halogenated alkanes) is 1. The minimum Gasteiger partial charge on any atom is -0.507 e. The van der Waals surface area contributed by atoms with Crippen molar-refractivity contribution in [2.24, 2.45) is 0 Å². The minimum atomic E-state index is -0.663. The van der Waals surface area contributed by atoms with Crippen LogP contribution in [0.4, 0.5) is 0 Å². The summed E-state index contributed by atoms with van der Waals surface area (Å²) in [5, 5.41) is 10.8. The molecule has 134 valence electrons. The molecular formula is C21H22N2O3. The van der Waals surface area contributed by atoms with E-state index in [1.165, 1.54) is 4.90 Å². The van der Waals surface area contributed by atoms with Crippen molar-refractivity contribution in [3.05, 3.63) is 71.1 Å². The van der Waals surface area contributed by atoms with Gasteiger partial charge in [-0.3, -0.25) is 14.6 Å². The first-order valence-electron chi connectivity index (χ1n) is 8.81. The van der Waals surface area contributed by atoms with Crippen LogP contribution in [0.5, 0.6) is 0 Å². The van der Waals surface area contributed by atoms with Crippen molar-refractivity contribution in [3.8, 4) is 0 Å². The van der Waals surface area contributed by atoms with Crippen LogP contribution in [0.2, 0.25) is 0 Å². The average molecular weight is 350 g/mol. The second-order valence-corrected chi connectivity index (χ2v) is 6.47. The van der Waals surface area contributed by atoms with Gasteiger partial charge in [0.15, 0.2) is 0 Å². The molecule has 1 N–H and O–H groups in total. The molecule has 1 unspecified atom stereocenters. The molecule has 2 aromatic rings. The SMILES string of the molecule is CCCCN1C(=O)C(=O)/C(=C(\O)c2ccc(C)cc2)C1c1ccccn1. The van der Waals surface area contributed by atoms with Crippen LogP contribution < -0.4 is 0 Å². The Hall–Kier alpha value is -2.95. The van der Waals surface area contributed by atoms with Gasteiger partial charge in [-0.2, -0.15) is 0 Å². The third kappa shape index (κ3) is 3.25. The molecule has 5 nitrogen and oxygen atoms in total. The number of Topliss-reactive ketones (excluding diaryl/α,β-unsaturated/α-hetero) is 1. The van der Waals surface area contributed by atoms with Crippen molar-refractivity contribution in [2.45, 2.75) is 32.7 Å². The van der Waals surface area contributed by atoms with Gasteiger partial charge in [-0.25, -0.2) is 0 Å². The second-order valence-electron chi connectivity index (χ2n) is 6.47. The predicted molar refractivity (Wildman–Crippen MR) is 99.3 cm³/mol. The summed E-state index contributed by atoms with van der Waals surface area (Å²) in [6, 6.07) is 11.9. The molecule has 1 aliphatic rings. The Morgan fingerprint density at radius 2 is 1.88 bits per heavy atom. The van der Waals surface area contributed by atoms with E-state index in [0.29, 0.717) is 17.8 Å². The van der Waals surface area contributed by atoms with Gasteiger partial charge in [-0.05, 0) is 25.5 Å². The number of hydrogen-bond acceptors (Lipinski definition) is 4. The molecule has 0 saturated carbocycles. The molecule has 1 fully saturated rings. The van der Waals surface area contributed by atoms with Gasteiger partial charge in [0, 0.05) is 18.3 Å². The van der Waals surface area contributed by atoms with Gasteiger partial charge in [-0.15, -0.1) is 0 Å². The van der Waals surface area contributed by atoms with E-state index in [1.54, 1.807) is 30.5 Å². The zero-order valence-corrected chi connectivity index (χ0v) is 15.0. The monoisotopic (exact) mass is 350 g/mol. The highest BCUT2D eigenvalue weighted by Gasteiger charge is 2.46. The summed E-state index contributed by atoms with van der Waals surface area (Å²) in [6.45, 7) is 4.42. The van der Waals surface area contributed by atoms with E-state index in [-0.39, 0.29) is 11.3 Å². The number of likely N-dealkylation sites (tertiary alicyclic amines) is 1. The molecule has 0 aliphatic carbocycles. The molecule has 1 aromatic carbocycles. The first kappa shape index (κ1) is 17.9. The number of rotatable bonds is 5. The summed E-state index contributed by atoms with van der Waals surface area (Å²) < 4.78 is 0. The topological polar surface area (TPSA) is 70.5 Å². The smallest absolute Gasteiger partial charge is 0.295 e. The molecule has 1 aliphatic heterocycles. The lowest BCUT2D eigenvalue weighted by atomic mass is 9.98. The Morgan fingerprint density at radius 1 is 1.15 bits per heavy atom. The summed E-state index contributed by atoms with van der Waals surface area (Å²) in [7, 11) is 0. The zero-order chi connectivity index (χ0) is 18.7. The van der Waals surface area contributed by atoms with Gasteiger partial charge in [0.1, 0.15) is 11.8 Å². The molecule has 2 heterocycles. The maximum atomic E-state index is 12.7. The first-order valence-corrected chi connectivity index (χ1v) is 8.81. The van der Waals surface area contributed by atoms with E-state index in [2.05, 4.69) is 4.98 Å². The van der Waals surface area contributed by atoms with Crippen LogP contribution in [0.1, 0.15) is 42.6 Å². The molecule has 5 heteroatoms. The van der Waals surface area contributed by atoms with E-state index < -0.39 is 17.7 Å². The van der Waals surface area contributed by atoms with Crippen molar-refractivity contribution in [2.75, 3.05) is 6.54 Å². The first-order chi connectivity index (χ1) is 12.5. The van der Waals surface area contributed by atoms with Crippen LogP contribution >= 0.6 is 0 Å². The Labute approximate surface area is 153 Å². The van der Waals surface area contributed by atoms with Crippen LogP contribution in [0.3, 0.4) is 0 Å². The number of benzene rings is 1. The number of aromatic nitrogens is 1. The number of aliphatic hydroxyl groups is 1. The molecule has 0 radical (unpaired) electrons. The number of pyridine rings is 1. The number of aliphatic hydroxyl groups excluding tert-OH is 1. The van der Waals surface area contributed by atoms with Crippen molar-refractivity contribution in [3.63, 3.8) is 0 Å². The molecule has 1 atom stereocenters. The molecule has 1 amide bonds. The van der Waals surface area contributed by atoms with Gasteiger partial charge in [-0.1, -0.05) is 49.2 Å². The summed E-state index contributed by atoms with van der Waals surface area (Å²) >= 11 is 0. The third-order valence-corrected chi connectivity index (χ3v) is 4.59. The van der Waals surface area contributed by atoms with Crippen molar-refractivity contribution in [1.29, 1.82) is 0 Å². The predicted octanol–water partition coefficient (Wildman–Crippen LogP) is 3.61. The van der Waals surface area contributed by atoms with E-state index >= 15 is 0 Å². The number of nitrogens with zero attached hydrogens (tertiary/aromatic N) is 2. The number of ketones is 1. The van der Waals surface area contributed by atoms with Crippen molar-refractivity contribution >= 4 is 17.4 Å². The maximum absolute atomic E-state index is 12.7. The van der Waals surface area contributed by atoms with Crippen LogP contribution in [-0.2, 0) is 9.59 Å². The fraction of sp³-hybridized carbons (Fsp3) is 0.286. The van der Waals surface area contributed by atoms with Gasteiger partial charge < -0.3 is 10.0 Å². The van der Waals surface area contributed by atoms with E-state index in [4.69, 9.17) is 0 Å². The van der Waals surface area contributed by atoms with Gasteiger partial charge >= 0.3 is 0 Å². The lowest BCUT2D eigenvalue weighted by Gasteiger charge is -2.24. The number of carbonyl (C=O) groups is 2. The number of amides is 1. The highest BCUT2D eigenvalue weighted by atomic mass is 16.3. The summed E-state index contributed by atoms with van der Waals surface area (Å²) in [4.78, 5) is 31.2. The molecular weight excluding hydrogens is 328 g/mol. The molecule has 0 spiro atoms. The van der Waals surface area contributed by atoms with Crippen LogP contribution in [-0.4, -0.2) is 33.2 Å². The zero-order valence-electron chi connectivity index (χ0n) is 15.0. The highest BCUT2D eigenvalue weighted by molar-refractivity contribution is 6.46. The Bertz CT molecular complexity index is 841. The molecule has 1 aromatic heterocycles. The van der Waals surface area contributed by atoms with Gasteiger partial charge in [0.05, 0.1) is 11.3 Å². The Morgan fingerprint density at radius 3 is 2.50 bits per heavy atom. The normalized spacial score (nSPS) is 19.2. The summed E-state index contributed by atoms with van der Waals surface area (Å²) in [6.07, 6.45) is 3.30. The fourth-order valence-electron chi connectivity index (χ4n) is 3.15. The Kier molecular flexibility index (Phi) is 5.16. The standard InChI is InChI=1S/C21H22N2O3/c1-3-4-13-23-18(16-7-5-6-12-22-16)17(20(25)21(23)26)19(24)15-10-8-14(2)9-11-15/h5-12,18,24H,3-4,13H2,1-2H3/b19-17-. The average Bonchev–Trinajstić information content (AvgIpc) is 2.91. The molecule has 26 heavy (non-hydrogen) atoms. The van der Waals surface area contributed by atoms with Gasteiger partial charge in [0.2, 0.25) is 0 Å². The number of carbonyl (C=O) groups excluding carboxylic acids is 2. The highest BCUT2D eigenvalue weighted by Crippen LogP contribution is 2.38. The second kappa shape index (κ2) is 7.52. The third-order valence-electron chi connectivity index (χ3n) is 4.59. The van der Waals surface area contributed by atoms with E-state index in [9.17, 15) is 14.7 Å². The van der Waals surface area contributed by atoms with Crippen LogP contribution in [0.15, 0.2) is 54.2 Å². The molecule has 3 rings (SSSR count). The van der Waals surface area contributed by atoms with Gasteiger partial charge in [0.25, 0.3) is 11.7 Å². The maximum Gasteiger partial charge on any atom is 0.295 e. The Balaban J connectivity index is 2.14. The van der Waals surface area contributed by atoms with Crippen molar-refractivity contribution < 1.29 is 14.7 Å². The van der Waals surface area contributed by atoms with E-state index in [0.717, 1.165) is 18.4 Å². The van der Waals surface area contributed by atoms with Crippen LogP contribution in [0.25, 0.3) is 5.76 Å². The largest absolute Gasteiger partial charge is 0.507 e. The molecule has 0 bridgehead atoms. The van der Waals surface area contributed by atoms with Crippen LogP contribution in [0, 0.1) is 6.92 Å². The number of hydrogen-bond donors (Lipinski definition) is 1. The fourth-order valence-corrected chi connectivity index (χ4v) is 3.15. The van der Waals surface area contributed by atoms with Crippen molar-refractivity contribution in [1.82, 2.24) is 9.88 Å². The lowest BCUT2D eigenvalue weighted by Crippen LogP contribution is -2.31. The molecule has 1 saturated heterocycles. The van der Waals surface area contributed by atoms with E-state index in [1.807, 2.05) is 32.0 Å².